The minimum absolute atomic E-state index is 0. The summed E-state index contributed by atoms with van der Waals surface area (Å²) in [4.78, 5) is 0. The molecule has 0 atom stereocenters. The van der Waals surface area contributed by atoms with Gasteiger partial charge in [-0.05, 0) is 24.6 Å². The van der Waals surface area contributed by atoms with E-state index in [1.165, 1.54) is 0 Å². The number of rotatable bonds is 0. The monoisotopic (exact) mass is 145 g/mol. The van der Waals surface area contributed by atoms with Crippen molar-refractivity contribution < 1.29 is 0 Å². The van der Waals surface area contributed by atoms with Crippen LogP contribution in [0.4, 0.5) is 11.4 Å². The van der Waals surface area contributed by atoms with Gasteiger partial charge in [0.1, 0.15) is 0 Å². The molecule has 3 heteroatoms. The molecule has 0 aromatic heterocycles. The molecule has 0 aliphatic rings. The maximum Gasteiger partial charge on any atom is 0.0364 e. The van der Waals surface area contributed by atoms with Crippen LogP contribution in [0.25, 0.3) is 0 Å². The molecular weight excluding hydrogens is 135 g/mol. The number of hydrogen-bond donors (Lipinski definition) is 2. The van der Waals surface area contributed by atoms with Gasteiger partial charge in [0.05, 0.1) is 0 Å². The summed E-state index contributed by atoms with van der Waals surface area (Å²) >= 11 is 0. The predicted octanol–water partition coefficient (Wildman–Crippen LogP) is 0.779. The molecule has 0 saturated heterocycles. The van der Waals surface area contributed by atoms with Crippen LogP contribution in [0.15, 0.2) is 18.2 Å². The molecule has 0 amide bonds. The summed E-state index contributed by atoms with van der Waals surface area (Å²) in [6, 6.07) is 5.51. The first-order valence-corrected chi connectivity index (χ1v) is 2.82. The quantitative estimate of drug-likeness (QED) is 0.418. The third kappa shape index (κ3) is 2.21. The molecular formula is C7H10N2Na. The molecule has 1 rings (SSSR count). The Kier molecular flexibility index (Phi) is 3.79. The number of nitrogens with two attached hydrogens (primary N) is 2. The Hall–Kier alpha value is -0.180. The Labute approximate surface area is 82.9 Å². The van der Waals surface area contributed by atoms with Crippen LogP contribution in [0.2, 0.25) is 0 Å². The standard InChI is InChI=1S/C7H10N2.Na/c1-5-2-3-6(8)4-7(5)9;/h2-4H,8-9H2,1H3;. The van der Waals surface area contributed by atoms with Crippen molar-refractivity contribution in [2.75, 3.05) is 11.5 Å². The van der Waals surface area contributed by atoms with E-state index in [1.54, 1.807) is 6.07 Å². The van der Waals surface area contributed by atoms with Crippen molar-refractivity contribution >= 4 is 40.9 Å². The number of aryl methyl sites for hydroxylation is 1. The fourth-order valence-electron chi connectivity index (χ4n) is 0.659. The number of hydrogen-bond acceptors (Lipinski definition) is 2. The zero-order chi connectivity index (χ0) is 6.85. The average molecular weight is 145 g/mol. The molecule has 2 nitrogen and oxygen atoms in total. The van der Waals surface area contributed by atoms with Gasteiger partial charge in [0.2, 0.25) is 0 Å². The van der Waals surface area contributed by atoms with Crippen LogP contribution in [-0.4, -0.2) is 29.6 Å². The fraction of sp³-hybridized carbons (Fsp3) is 0.143. The SMILES string of the molecule is Cc1ccc(N)cc1N.[Na]. The van der Waals surface area contributed by atoms with Crippen molar-refractivity contribution in [2.24, 2.45) is 0 Å². The Morgan fingerprint density at radius 1 is 1.20 bits per heavy atom. The maximum atomic E-state index is 5.54. The smallest absolute Gasteiger partial charge is 0.0364 e. The molecule has 1 radical (unpaired) electrons. The number of nitrogen functional groups attached to an aromatic ring is 2. The minimum atomic E-state index is 0. The first-order chi connectivity index (χ1) is 4.20. The maximum absolute atomic E-state index is 5.54. The van der Waals surface area contributed by atoms with Crippen LogP contribution in [0.1, 0.15) is 5.56 Å². The van der Waals surface area contributed by atoms with Gasteiger partial charge in [-0.3, -0.25) is 0 Å². The Balaban J connectivity index is 0.000000810. The molecule has 0 aliphatic carbocycles. The first-order valence-electron chi connectivity index (χ1n) is 2.82. The molecule has 0 aliphatic heterocycles. The third-order valence-corrected chi connectivity index (χ3v) is 1.30. The third-order valence-electron chi connectivity index (χ3n) is 1.30. The van der Waals surface area contributed by atoms with Crippen LogP contribution in [0.5, 0.6) is 0 Å². The molecule has 0 saturated carbocycles. The van der Waals surface area contributed by atoms with Crippen LogP contribution in [-0.2, 0) is 0 Å². The van der Waals surface area contributed by atoms with Gasteiger partial charge in [-0.15, -0.1) is 0 Å². The fourth-order valence-corrected chi connectivity index (χ4v) is 0.659. The van der Waals surface area contributed by atoms with Crippen molar-refractivity contribution in [3.8, 4) is 0 Å². The molecule has 0 spiro atoms. The van der Waals surface area contributed by atoms with Gasteiger partial charge in [-0.1, -0.05) is 6.07 Å². The zero-order valence-corrected chi connectivity index (χ0v) is 8.39. The van der Waals surface area contributed by atoms with Crippen LogP contribution in [0.3, 0.4) is 0 Å². The molecule has 1 aromatic carbocycles. The second-order valence-electron chi connectivity index (χ2n) is 2.12. The van der Waals surface area contributed by atoms with E-state index in [9.17, 15) is 0 Å². The normalized spacial score (nSPS) is 8.50. The molecule has 4 N–H and O–H groups in total. The molecule has 0 heterocycles. The molecule has 0 bridgehead atoms. The second-order valence-corrected chi connectivity index (χ2v) is 2.12. The second kappa shape index (κ2) is 3.86. The summed E-state index contributed by atoms with van der Waals surface area (Å²) in [6.45, 7) is 1.95. The number of benzene rings is 1. The van der Waals surface area contributed by atoms with Gasteiger partial charge in [0, 0.05) is 40.9 Å². The van der Waals surface area contributed by atoms with E-state index in [0.717, 1.165) is 16.9 Å². The van der Waals surface area contributed by atoms with Crippen molar-refractivity contribution in [3.05, 3.63) is 23.8 Å². The Morgan fingerprint density at radius 2 is 1.80 bits per heavy atom. The van der Waals surface area contributed by atoms with E-state index in [4.69, 9.17) is 11.5 Å². The molecule has 49 valence electrons. The molecule has 0 fully saturated rings. The average Bonchev–Trinajstić information content (AvgIpc) is 1.80. The zero-order valence-electron chi connectivity index (χ0n) is 6.39. The first kappa shape index (κ1) is 9.82. The van der Waals surface area contributed by atoms with Crippen molar-refractivity contribution in [2.45, 2.75) is 6.92 Å². The summed E-state index contributed by atoms with van der Waals surface area (Å²) in [5.41, 5.74) is 13.5. The number of anilines is 2. The van der Waals surface area contributed by atoms with Gasteiger partial charge in [0.15, 0.2) is 0 Å². The van der Waals surface area contributed by atoms with Crippen molar-refractivity contribution in [1.29, 1.82) is 0 Å². The van der Waals surface area contributed by atoms with E-state index in [-0.39, 0.29) is 29.6 Å². The van der Waals surface area contributed by atoms with Crippen LogP contribution in [0, 0.1) is 6.92 Å². The van der Waals surface area contributed by atoms with E-state index in [1.807, 2.05) is 19.1 Å². The molecule has 1 aromatic rings. The van der Waals surface area contributed by atoms with Gasteiger partial charge in [-0.25, -0.2) is 0 Å². The predicted molar refractivity (Wildman–Crippen MR) is 45.8 cm³/mol. The summed E-state index contributed by atoms with van der Waals surface area (Å²) in [7, 11) is 0. The molecule has 10 heavy (non-hydrogen) atoms. The van der Waals surface area contributed by atoms with Crippen molar-refractivity contribution in [1.82, 2.24) is 0 Å². The summed E-state index contributed by atoms with van der Waals surface area (Å²) < 4.78 is 0. The van der Waals surface area contributed by atoms with Gasteiger partial charge in [-0.2, -0.15) is 0 Å². The van der Waals surface area contributed by atoms with E-state index in [2.05, 4.69) is 0 Å². The van der Waals surface area contributed by atoms with E-state index >= 15 is 0 Å². The van der Waals surface area contributed by atoms with Gasteiger partial charge in [0.25, 0.3) is 0 Å². The van der Waals surface area contributed by atoms with Gasteiger partial charge >= 0.3 is 0 Å². The Bertz CT molecular complexity index is 223. The summed E-state index contributed by atoms with van der Waals surface area (Å²) in [6.07, 6.45) is 0. The van der Waals surface area contributed by atoms with E-state index < -0.39 is 0 Å². The van der Waals surface area contributed by atoms with Gasteiger partial charge < -0.3 is 11.5 Å². The summed E-state index contributed by atoms with van der Waals surface area (Å²) in [5.74, 6) is 0. The van der Waals surface area contributed by atoms with Crippen molar-refractivity contribution in [3.63, 3.8) is 0 Å². The molecule has 0 unspecified atom stereocenters. The van der Waals surface area contributed by atoms with Crippen LogP contribution < -0.4 is 11.5 Å². The Morgan fingerprint density at radius 3 is 2.20 bits per heavy atom. The van der Waals surface area contributed by atoms with E-state index in [0.29, 0.717) is 0 Å². The minimum Gasteiger partial charge on any atom is -0.399 e. The summed E-state index contributed by atoms with van der Waals surface area (Å²) in [5, 5.41) is 0. The largest absolute Gasteiger partial charge is 0.399 e. The topological polar surface area (TPSA) is 52.0 Å². The van der Waals surface area contributed by atoms with Crippen LogP contribution >= 0.6 is 0 Å².